The molecule has 1 unspecified atom stereocenters. The van der Waals surface area contributed by atoms with Crippen LogP contribution in [0.4, 0.5) is 5.82 Å². The van der Waals surface area contributed by atoms with Gasteiger partial charge in [-0.2, -0.15) is 0 Å². The van der Waals surface area contributed by atoms with E-state index in [2.05, 4.69) is 15.3 Å². The molecule has 0 saturated heterocycles. The lowest BCUT2D eigenvalue weighted by Gasteiger charge is -2.19. The number of aryl methyl sites for hydroxylation is 2. The monoisotopic (exact) mass is 317 g/mol. The summed E-state index contributed by atoms with van der Waals surface area (Å²) in [6.07, 6.45) is 11.1. The maximum absolute atomic E-state index is 10.4. The second-order valence-corrected chi connectivity index (χ2v) is 7.69. The highest BCUT2D eigenvalue weighted by molar-refractivity contribution is 7.19. The Morgan fingerprint density at radius 1 is 1.18 bits per heavy atom. The van der Waals surface area contributed by atoms with E-state index in [1.807, 2.05) is 11.3 Å². The smallest absolute Gasteiger partial charge is 0.138 e. The number of nitrogens with zero attached hydrogens (tertiary/aromatic N) is 2. The van der Waals surface area contributed by atoms with Crippen LogP contribution in [0.1, 0.15) is 49.0 Å². The van der Waals surface area contributed by atoms with E-state index in [0.29, 0.717) is 12.5 Å². The van der Waals surface area contributed by atoms with Crippen LogP contribution in [0, 0.1) is 5.92 Å². The van der Waals surface area contributed by atoms with Crippen LogP contribution in [0.2, 0.25) is 0 Å². The molecule has 0 radical (unpaired) electrons. The van der Waals surface area contributed by atoms with Crippen LogP contribution in [0.3, 0.4) is 0 Å². The number of aliphatic hydroxyl groups is 1. The van der Waals surface area contributed by atoms with E-state index in [0.717, 1.165) is 29.9 Å². The number of anilines is 1. The van der Waals surface area contributed by atoms with E-state index in [1.165, 1.54) is 47.9 Å². The quantitative estimate of drug-likeness (QED) is 0.905. The fourth-order valence-electron chi connectivity index (χ4n) is 3.93. The Kier molecular flexibility index (Phi) is 4.01. The Morgan fingerprint density at radius 3 is 2.86 bits per heavy atom. The zero-order valence-electron chi connectivity index (χ0n) is 12.8. The van der Waals surface area contributed by atoms with Crippen molar-refractivity contribution < 1.29 is 5.11 Å². The Bertz CT molecular complexity index is 663. The summed E-state index contributed by atoms with van der Waals surface area (Å²) in [5, 5.41) is 15.0. The second-order valence-electron chi connectivity index (χ2n) is 6.61. The van der Waals surface area contributed by atoms with Crippen molar-refractivity contribution in [2.45, 2.75) is 57.5 Å². The van der Waals surface area contributed by atoms with Crippen molar-refractivity contribution in [1.29, 1.82) is 0 Å². The number of thiophene rings is 1. The van der Waals surface area contributed by atoms with Crippen LogP contribution in [0.15, 0.2) is 6.33 Å². The molecule has 2 aliphatic carbocycles. The topological polar surface area (TPSA) is 58.0 Å². The summed E-state index contributed by atoms with van der Waals surface area (Å²) in [4.78, 5) is 11.5. The number of hydrogen-bond acceptors (Lipinski definition) is 5. The largest absolute Gasteiger partial charge is 0.391 e. The van der Waals surface area contributed by atoms with Crippen LogP contribution in [-0.4, -0.2) is 27.7 Å². The van der Waals surface area contributed by atoms with Crippen LogP contribution in [0.25, 0.3) is 10.2 Å². The maximum atomic E-state index is 10.4. The highest BCUT2D eigenvalue weighted by Gasteiger charge is 2.24. The molecule has 118 valence electrons. The van der Waals surface area contributed by atoms with Crippen molar-refractivity contribution in [3.8, 4) is 0 Å². The average molecular weight is 317 g/mol. The first-order valence-corrected chi connectivity index (χ1v) is 9.32. The van der Waals surface area contributed by atoms with Crippen molar-refractivity contribution in [3.05, 3.63) is 16.8 Å². The zero-order valence-corrected chi connectivity index (χ0v) is 13.7. The molecule has 1 atom stereocenters. The molecule has 1 saturated carbocycles. The standard InChI is InChI=1S/C17H23N3OS/c21-13(11-5-1-2-6-11)9-18-16-15-12-7-3-4-8-14(12)22-17(15)20-10-19-16/h10-11,13,21H,1-9H2,(H,18,19,20). The Morgan fingerprint density at radius 2 is 2.00 bits per heavy atom. The second kappa shape index (κ2) is 6.13. The Balaban J connectivity index is 1.57. The SMILES string of the molecule is OC(CNc1ncnc2sc3c(c12)CCCC3)C1CCCC1. The zero-order chi connectivity index (χ0) is 14.9. The summed E-state index contributed by atoms with van der Waals surface area (Å²) in [6, 6.07) is 0. The molecule has 0 aliphatic heterocycles. The minimum Gasteiger partial charge on any atom is -0.391 e. The number of fused-ring (bicyclic) bond motifs is 3. The molecule has 0 amide bonds. The van der Waals surface area contributed by atoms with Gasteiger partial charge in [0.15, 0.2) is 0 Å². The van der Waals surface area contributed by atoms with E-state index in [4.69, 9.17) is 0 Å². The van der Waals surface area contributed by atoms with E-state index < -0.39 is 0 Å². The third kappa shape index (κ3) is 2.61. The number of aromatic nitrogens is 2. The molecule has 4 nitrogen and oxygen atoms in total. The lowest BCUT2D eigenvalue weighted by molar-refractivity contribution is 0.123. The van der Waals surface area contributed by atoms with E-state index in [-0.39, 0.29) is 6.10 Å². The number of hydrogen-bond donors (Lipinski definition) is 2. The van der Waals surface area contributed by atoms with Crippen molar-refractivity contribution in [3.63, 3.8) is 0 Å². The van der Waals surface area contributed by atoms with Gasteiger partial charge in [0.25, 0.3) is 0 Å². The maximum Gasteiger partial charge on any atom is 0.138 e. The molecule has 22 heavy (non-hydrogen) atoms. The van der Waals surface area contributed by atoms with Gasteiger partial charge in [-0.3, -0.25) is 0 Å². The molecule has 0 spiro atoms. The first-order chi connectivity index (χ1) is 10.8. The van der Waals surface area contributed by atoms with Gasteiger partial charge in [-0.1, -0.05) is 12.8 Å². The molecular formula is C17H23N3OS. The summed E-state index contributed by atoms with van der Waals surface area (Å²) < 4.78 is 0. The van der Waals surface area contributed by atoms with Gasteiger partial charge in [-0.15, -0.1) is 11.3 Å². The summed E-state index contributed by atoms with van der Waals surface area (Å²) in [6.45, 7) is 0.599. The molecule has 0 aromatic carbocycles. The molecule has 1 fully saturated rings. The van der Waals surface area contributed by atoms with Gasteiger partial charge in [0.05, 0.1) is 11.5 Å². The highest BCUT2D eigenvalue weighted by Crippen LogP contribution is 2.38. The third-order valence-electron chi connectivity index (χ3n) is 5.17. The van der Waals surface area contributed by atoms with E-state index >= 15 is 0 Å². The third-order valence-corrected chi connectivity index (χ3v) is 6.37. The van der Waals surface area contributed by atoms with Crippen molar-refractivity contribution in [2.24, 2.45) is 5.92 Å². The van der Waals surface area contributed by atoms with Gasteiger partial charge in [-0.25, -0.2) is 9.97 Å². The lowest BCUT2D eigenvalue weighted by atomic mass is 9.97. The average Bonchev–Trinajstić information content (AvgIpc) is 3.19. The number of rotatable bonds is 4. The summed E-state index contributed by atoms with van der Waals surface area (Å²) in [5.41, 5.74) is 1.45. The van der Waals surface area contributed by atoms with E-state index in [1.54, 1.807) is 6.33 Å². The predicted octanol–water partition coefficient (Wildman–Crippen LogP) is 3.53. The normalized spacial score (nSPS) is 20.2. The minimum atomic E-state index is -0.262. The molecule has 2 aromatic rings. The van der Waals surface area contributed by atoms with Crippen LogP contribution in [0.5, 0.6) is 0 Å². The van der Waals surface area contributed by atoms with Gasteiger partial charge in [-0.05, 0) is 50.0 Å². The molecule has 5 heteroatoms. The van der Waals surface area contributed by atoms with Crippen LogP contribution >= 0.6 is 11.3 Å². The van der Waals surface area contributed by atoms with Crippen molar-refractivity contribution in [1.82, 2.24) is 9.97 Å². The van der Waals surface area contributed by atoms with Gasteiger partial charge >= 0.3 is 0 Å². The molecule has 2 N–H and O–H groups in total. The predicted molar refractivity (Wildman–Crippen MR) is 90.5 cm³/mol. The molecule has 2 aromatic heterocycles. The minimum absolute atomic E-state index is 0.262. The van der Waals surface area contributed by atoms with Gasteiger partial charge in [0, 0.05) is 11.4 Å². The first-order valence-electron chi connectivity index (χ1n) is 8.50. The number of nitrogens with one attached hydrogen (secondary N) is 1. The van der Waals surface area contributed by atoms with E-state index in [9.17, 15) is 5.11 Å². The summed E-state index contributed by atoms with van der Waals surface area (Å²) in [7, 11) is 0. The molecule has 2 aliphatic rings. The van der Waals surface area contributed by atoms with Gasteiger partial charge in [0.1, 0.15) is 17.0 Å². The fraction of sp³-hybridized carbons (Fsp3) is 0.647. The van der Waals surface area contributed by atoms with Crippen LogP contribution in [-0.2, 0) is 12.8 Å². The van der Waals surface area contributed by atoms with Crippen molar-refractivity contribution >= 4 is 27.4 Å². The van der Waals surface area contributed by atoms with Gasteiger partial charge < -0.3 is 10.4 Å². The molecule has 4 rings (SSSR count). The first kappa shape index (κ1) is 14.4. The Hall–Kier alpha value is -1.20. The summed E-state index contributed by atoms with van der Waals surface area (Å²) >= 11 is 1.82. The highest BCUT2D eigenvalue weighted by atomic mass is 32.1. The number of aliphatic hydroxyl groups excluding tert-OH is 1. The molecule has 2 heterocycles. The Labute approximate surface area is 135 Å². The molecule has 0 bridgehead atoms. The lowest BCUT2D eigenvalue weighted by Crippen LogP contribution is -2.27. The van der Waals surface area contributed by atoms with Crippen LogP contribution < -0.4 is 5.32 Å². The van der Waals surface area contributed by atoms with Crippen molar-refractivity contribution in [2.75, 3.05) is 11.9 Å². The molecular weight excluding hydrogens is 294 g/mol. The van der Waals surface area contributed by atoms with Gasteiger partial charge in [0.2, 0.25) is 0 Å². The summed E-state index contributed by atoms with van der Waals surface area (Å²) in [5.74, 6) is 1.38. The fourth-order valence-corrected chi connectivity index (χ4v) is 5.16.